The van der Waals surface area contributed by atoms with E-state index in [1.807, 2.05) is 105 Å². The molecule has 5 rings (SSSR count). The second kappa shape index (κ2) is 9.35. The highest BCUT2D eigenvalue weighted by Gasteiger charge is 2.30. The quantitative estimate of drug-likeness (QED) is 0.328. The van der Waals surface area contributed by atoms with Crippen LogP contribution in [0.1, 0.15) is 34.0 Å². The minimum atomic E-state index is -0.534. The normalized spacial score (nSPS) is 11.3. The third kappa shape index (κ3) is 4.08. The van der Waals surface area contributed by atoms with E-state index in [1.54, 1.807) is 21.1 Å². The molecule has 0 spiro atoms. The molecule has 5 aromatic rings. The van der Waals surface area contributed by atoms with Gasteiger partial charge < -0.3 is 0 Å². The van der Waals surface area contributed by atoms with Crippen molar-refractivity contribution >= 4 is 11.8 Å². The number of aromatic nitrogens is 4. The van der Waals surface area contributed by atoms with Crippen molar-refractivity contribution in [1.29, 1.82) is 0 Å². The maximum atomic E-state index is 13.8. The van der Waals surface area contributed by atoms with E-state index in [0.717, 1.165) is 33.2 Å². The van der Waals surface area contributed by atoms with Gasteiger partial charge in [-0.05, 0) is 62.1 Å². The summed E-state index contributed by atoms with van der Waals surface area (Å²) in [6, 6.07) is 27.0. The van der Waals surface area contributed by atoms with Crippen molar-refractivity contribution in [2.45, 2.75) is 24.7 Å². The second-order valence-corrected chi connectivity index (χ2v) is 9.34. The zero-order chi connectivity index (χ0) is 24.5. The van der Waals surface area contributed by atoms with Gasteiger partial charge in [0.2, 0.25) is 0 Å². The number of benzene rings is 3. The molecule has 0 amide bonds. The van der Waals surface area contributed by atoms with E-state index in [-0.39, 0.29) is 11.1 Å². The first-order valence-electron chi connectivity index (χ1n) is 11.4. The SMILES string of the molecule is CSc1ccc(C(c2c(C)[nH]n(-c3ccccc3)c2=O)c2c(C)[nH]n(-c3ccccc3)c2=O)cc1. The minimum absolute atomic E-state index is 0.168. The standard InChI is InChI=1S/C28H26N4O2S/c1-18-24(27(33)31(29-18)21-10-6-4-7-11-21)26(20-14-16-23(35-3)17-15-20)25-19(2)30-32(28(25)34)22-12-8-5-9-13-22/h4-17,26,29-30H,1-3H3. The highest BCUT2D eigenvalue weighted by Crippen LogP contribution is 2.33. The molecule has 0 aliphatic carbocycles. The lowest BCUT2D eigenvalue weighted by atomic mass is 9.85. The van der Waals surface area contributed by atoms with Crippen LogP contribution in [0.2, 0.25) is 0 Å². The molecule has 0 unspecified atom stereocenters. The summed E-state index contributed by atoms with van der Waals surface area (Å²) in [5.41, 5.74) is 4.62. The Labute approximate surface area is 207 Å². The Hall–Kier alpha value is -3.97. The molecule has 0 bridgehead atoms. The van der Waals surface area contributed by atoms with Crippen LogP contribution in [-0.4, -0.2) is 25.8 Å². The van der Waals surface area contributed by atoms with Gasteiger partial charge in [-0.1, -0.05) is 48.5 Å². The summed E-state index contributed by atoms with van der Waals surface area (Å²) in [5, 5.41) is 6.46. The molecule has 3 aromatic carbocycles. The van der Waals surface area contributed by atoms with Crippen molar-refractivity contribution < 1.29 is 0 Å². The Balaban J connectivity index is 1.76. The van der Waals surface area contributed by atoms with Gasteiger partial charge >= 0.3 is 0 Å². The first kappa shape index (κ1) is 22.8. The molecule has 35 heavy (non-hydrogen) atoms. The van der Waals surface area contributed by atoms with Gasteiger partial charge in [0.1, 0.15) is 0 Å². The molecule has 2 N–H and O–H groups in total. The fourth-order valence-electron chi connectivity index (χ4n) is 4.59. The number of hydrogen-bond donors (Lipinski definition) is 2. The van der Waals surface area contributed by atoms with Crippen LogP contribution in [-0.2, 0) is 0 Å². The lowest BCUT2D eigenvalue weighted by Crippen LogP contribution is -2.25. The van der Waals surface area contributed by atoms with E-state index in [0.29, 0.717) is 11.1 Å². The molecule has 0 aliphatic rings. The molecule has 6 nitrogen and oxygen atoms in total. The van der Waals surface area contributed by atoms with E-state index < -0.39 is 5.92 Å². The van der Waals surface area contributed by atoms with Crippen molar-refractivity contribution in [2.75, 3.05) is 6.26 Å². The summed E-state index contributed by atoms with van der Waals surface area (Å²) in [6.45, 7) is 3.77. The summed E-state index contributed by atoms with van der Waals surface area (Å²) >= 11 is 1.65. The van der Waals surface area contributed by atoms with Crippen molar-refractivity contribution in [3.8, 4) is 11.4 Å². The Kier molecular flexibility index (Phi) is 6.09. The van der Waals surface area contributed by atoms with E-state index in [4.69, 9.17) is 0 Å². The fraction of sp³-hybridized carbons (Fsp3) is 0.143. The summed E-state index contributed by atoms with van der Waals surface area (Å²) in [6.07, 6.45) is 2.02. The lowest BCUT2D eigenvalue weighted by Gasteiger charge is -2.16. The number of para-hydroxylation sites is 2. The predicted octanol–water partition coefficient (Wildman–Crippen LogP) is 5.16. The van der Waals surface area contributed by atoms with Crippen LogP contribution in [0, 0.1) is 13.8 Å². The maximum Gasteiger partial charge on any atom is 0.275 e. The van der Waals surface area contributed by atoms with Crippen LogP contribution in [0.15, 0.2) is 99.4 Å². The van der Waals surface area contributed by atoms with Crippen LogP contribution in [0.3, 0.4) is 0 Å². The highest BCUT2D eigenvalue weighted by molar-refractivity contribution is 7.98. The number of nitrogens with one attached hydrogen (secondary N) is 2. The van der Waals surface area contributed by atoms with Gasteiger partial charge in [0.25, 0.3) is 11.1 Å². The van der Waals surface area contributed by atoms with E-state index in [2.05, 4.69) is 10.2 Å². The zero-order valence-corrected chi connectivity index (χ0v) is 20.6. The zero-order valence-electron chi connectivity index (χ0n) is 19.8. The summed E-state index contributed by atoms with van der Waals surface area (Å²) in [7, 11) is 0. The van der Waals surface area contributed by atoms with E-state index >= 15 is 0 Å². The highest BCUT2D eigenvalue weighted by atomic mass is 32.2. The average Bonchev–Trinajstić information content (AvgIpc) is 3.36. The predicted molar refractivity (Wildman–Crippen MR) is 141 cm³/mol. The average molecular weight is 483 g/mol. The molecule has 0 radical (unpaired) electrons. The third-order valence-corrected chi connectivity index (χ3v) is 7.03. The Morgan fingerprint density at radius 3 is 1.49 bits per heavy atom. The number of aromatic amines is 2. The van der Waals surface area contributed by atoms with Crippen LogP contribution in [0.25, 0.3) is 11.4 Å². The molecule has 0 saturated heterocycles. The molecule has 2 aromatic heterocycles. The molecule has 7 heteroatoms. The molecule has 0 aliphatic heterocycles. The molecule has 0 fully saturated rings. The number of rotatable bonds is 6. The van der Waals surface area contributed by atoms with Crippen LogP contribution in [0.5, 0.6) is 0 Å². The summed E-state index contributed by atoms with van der Waals surface area (Å²) in [4.78, 5) is 28.7. The van der Waals surface area contributed by atoms with Crippen molar-refractivity contribution in [3.05, 3.63) is 134 Å². The number of H-pyrrole nitrogens is 2. The monoisotopic (exact) mass is 482 g/mol. The molecular formula is C28H26N4O2S. The van der Waals surface area contributed by atoms with Gasteiger partial charge in [-0.3, -0.25) is 19.8 Å². The van der Waals surface area contributed by atoms with Crippen molar-refractivity contribution in [3.63, 3.8) is 0 Å². The smallest absolute Gasteiger partial charge is 0.275 e. The van der Waals surface area contributed by atoms with E-state index in [1.165, 1.54) is 0 Å². The molecule has 0 saturated carbocycles. The van der Waals surface area contributed by atoms with Gasteiger partial charge in [0.05, 0.1) is 22.5 Å². The van der Waals surface area contributed by atoms with Crippen LogP contribution < -0.4 is 11.1 Å². The Morgan fingerprint density at radius 2 is 1.09 bits per heavy atom. The minimum Gasteiger partial charge on any atom is -0.295 e. The largest absolute Gasteiger partial charge is 0.295 e. The molecule has 2 heterocycles. The second-order valence-electron chi connectivity index (χ2n) is 8.46. The van der Waals surface area contributed by atoms with E-state index in [9.17, 15) is 9.59 Å². The summed E-state index contributed by atoms with van der Waals surface area (Å²) < 4.78 is 3.09. The van der Waals surface area contributed by atoms with Crippen molar-refractivity contribution in [2.24, 2.45) is 0 Å². The maximum absolute atomic E-state index is 13.8. The fourth-order valence-corrected chi connectivity index (χ4v) is 5.00. The van der Waals surface area contributed by atoms with Crippen molar-refractivity contribution in [1.82, 2.24) is 19.6 Å². The number of aryl methyl sites for hydroxylation is 2. The first-order valence-corrected chi connectivity index (χ1v) is 12.6. The topological polar surface area (TPSA) is 75.6 Å². The van der Waals surface area contributed by atoms with Gasteiger partial charge in [-0.2, -0.15) is 0 Å². The number of nitrogens with zero attached hydrogens (tertiary/aromatic N) is 2. The third-order valence-electron chi connectivity index (χ3n) is 6.29. The van der Waals surface area contributed by atoms with Gasteiger partial charge in [-0.25, -0.2) is 9.36 Å². The number of thioether (sulfide) groups is 1. The number of hydrogen-bond acceptors (Lipinski definition) is 3. The van der Waals surface area contributed by atoms with Crippen LogP contribution in [0.4, 0.5) is 0 Å². The Morgan fingerprint density at radius 1 is 0.657 bits per heavy atom. The van der Waals surface area contributed by atoms with Crippen LogP contribution >= 0.6 is 11.8 Å². The Bertz CT molecular complexity index is 1480. The molecular weight excluding hydrogens is 456 g/mol. The van der Waals surface area contributed by atoms with Gasteiger partial charge in [-0.15, -0.1) is 11.8 Å². The molecule has 0 atom stereocenters. The lowest BCUT2D eigenvalue weighted by molar-refractivity contribution is 0.830. The molecule has 176 valence electrons. The van der Waals surface area contributed by atoms with Gasteiger partial charge in [0.15, 0.2) is 0 Å². The summed E-state index contributed by atoms with van der Waals surface area (Å²) in [5.74, 6) is -0.534. The first-order chi connectivity index (χ1) is 17.0. The van der Waals surface area contributed by atoms with Gasteiger partial charge in [0, 0.05) is 22.2 Å².